The van der Waals surface area contributed by atoms with E-state index in [0.717, 1.165) is 32.1 Å². The van der Waals surface area contributed by atoms with E-state index in [9.17, 15) is 24.6 Å². The van der Waals surface area contributed by atoms with Crippen LogP contribution in [0.4, 0.5) is 4.79 Å². The highest BCUT2D eigenvalue weighted by atomic mass is 16.4. The summed E-state index contributed by atoms with van der Waals surface area (Å²) < 4.78 is 0. The zero-order valence-corrected chi connectivity index (χ0v) is 15.2. The number of fused-ring (bicyclic) bond motifs is 1. The molecule has 1 unspecified atom stereocenters. The van der Waals surface area contributed by atoms with Gasteiger partial charge in [0.2, 0.25) is 5.91 Å². The lowest BCUT2D eigenvalue weighted by Gasteiger charge is -2.29. The Morgan fingerprint density at radius 1 is 1.19 bits per heavy atom. The standard InChI is InChI=1S/C18H29N3O5/c1-2-4-13(15(22)17(24)19-11-7-8-11)20-16(23)14-12-6-3-5-10(12)9-21(14)18(25)26/h10-15,22H,2-9H2,1H3,(H,19,24)(H,20,23)(H,25,26)/t10-,12-,13-,14-,15?/m0/s1. The molecule has 3 aliphatic rings. The number of carbonyl (C=O) groups excluding carboxylic acids is 2. The number of likely N-dealkylation sites (tertiary alicyclic amines) is 1. The average Bonchev–Trinajstić information content (AvgIpc) is 3.15. The maximum absolute atomic E-state index is 12.9. The molecule has 4 N–H and O–H groups in total. The molecule has 0 aromatic carbocycles. The van der Waals surface area contributed by atoms with Crippen LogP contribution in [0, 0.1) is 11.8 Å². The van der Waals surface area contributed by atoms with Gasteiger partial charge in [-0.15, -0.1) is 0 Å². The van der Waals surface area contributed by atoms with Crippen molar-refractivity contribution in [2.75, 3.05) is 6.54 Å². The molecular formula is C18H29N3O5. The summed E-state index contributed by atoms with van der Waals surface area (Å²) in [5.74, 6) is -0.592. The Kier molecular flexibility index (Phi) is 5.70. The van der Waals surface area contributed by atoms with Crippen molar-refractivity contribution in [2.24, 2.45) is 11.8 Å². The highest BCUT2D eigenvalue weighted by Crippen LogP contribution is 2.42. The first kappa shape index (κ1) is 18.9. The van der Waals surface area contributed by atoms with Gasteiger partial charge in [-0.2, -0.15) is 0 Å². The summed E-state index contributed by atoms with van der Waals surface area (Å²) in [6.45, 7) is 2.30. The third-order valence-corrected chi connectivity index (χ3v) is 5.91. The summed E-state index contributed by atoms with van der Waals surface area (Å²) in [5.41, 5.74) is 0. The van der Waals surface area contributed by atoms with Crippen LogP contribution in [-0.4, -0.2) is 63.8 Å². The van der Waals surface area contributed by atoms with E-state index in [1.807, 2.05) is 6.92 Å². The molecule has 1 aliphatic heterocycles. The van der Waals surface area contributed by atoms with Gasteiger partial charge in [-0.3, -0.25) is 14.5 Å². The number of hydrogen-bond acceptors (Lipinski definition) is 4. The van der Waals surface area contributed by atoms with Crippen molar-refractivity contribution in [2.45, 2.75) is 76.1 Å². The Morgan fingerprint density at radius 2 is 1.92 bits per heavy atom. The van der Waals surface area contributed by atoms with E-state index in [1.54, 1.807) is 0 Å². The molecule has 2 saturated carbocycles. The summed E-state index contributed by atoms with van der Waals surface area (Å²) in [6.07, 6.45) is 3.38. The predicted molar refractivity (Wildman–Crippen MR) is 93.4 cm³/mol. The number of carboxylic acid groups (broad SMARTS) is 1. The Morgan fingerprint density at radius 3 is 2.54 bits per heavy atom. The van der Waals surface area contributed by atoms with Crippen LogP contribution >= 0.6 is 0 Å². The van der Waals surface area contributed by atoms with Crippen molar-refractivity contribution >= 4 is 17.9 Å². The average molecular weight is 367 g/mol. The molecule has 26 heavy (non-hydrogen) atoms. The molecule has 0 radical (unpaired) electrons. The van der Waals surface area contributed by atoms with Gasteiger partial charge in [-0.1, -0.05) is 19.8 Å². The maximum atomic E-state index is 12.9. The largest absolute Gasteiger partial charge is 0.465 e. The van der Waals surface area contributed by atoms with Crippen LogP contribution in [0.1, 0.15) is 51.9 Å². The minimum absolute atomic E-state index is 0.0332. The number of amides is 3. The van der Waals surface area contributed by atoms with Crippen molar-refractivity contribution in [1.82, 2.24) is 15.5 Å². The number of rotatable bonds is 7. The number of nitrogens with one attached hydrogen (secondary N) is 2. The predicted octanol–water partition coefficient (Wildman–Crippen LogP) is 0.689. The van der Waals surface area contributed by atoms with Gasteiger partial charge in [0.1, 0.15) is 6.04 Å². The third-order valence-electron chi connectivity index (χ3n) is 5.91. The fourth-order valence-electron chi connectivity index (χ4n) is 4.42. The number of carbonyl (C=O) groups is 3. The first-order valence-corrected chi connectivity index (χ1v) is 9.70. The molecule has 146 valence electrons. The molecule has 1 heterocycles. The summed E-state index contributed by atoms with van der Waals surface area (Å²) in [6, 6.07) is -1.30. The Bertz CT molecular complexity index is 565. The highest BCUT2D eigenvalue weighted by Gasteiger charge is 2.50. The van der Waals surface area contributed by atoms with Crippen molar-refractivity contribution < 1.29 is 24.6 Å². The number of aliphatic hydroxyl groups excluding tert-OH is 1. The number of nitrogens with zero attached hydrogens (tertiary/aromatic N) is 1. The molecule has 0 aromatic heterocycles. The molecule has 5 atom stereocenters. The smallest absolute Gasteiger partial charge is 0.407 e. The number of hydrogen-bond donors (Lipinski definition) is 4. The third kappa shape index (κ3) is 3.95. The Balaban J connectivity index is 1.67. The first-order chi connectivity index (χ1) is 12.4. The normalized spacial score (nSPS) is 29.8. The molecule has 0 aromatic rings. The summed E-state index contributed by atoms with van der Waals surface area (Å²) in [7, 11) is 0. The van der Waals surface area contributed by atoms with E-state index < -0.39 is 36.1 Å². The van der Waals surface area contributed by atoms with E-state index in [0.29, 0.717) is 19.4 Å². The molecule has 1 saturated heterocycles. The monoisotopic (exact) mass is 367 g/mol. The quantitative estimate of drug-likeness (QED) is 0.528. The number of aliphatic hydroxyl groups is 1. The fourth-order valence-corrected chi connectivity index (χ4v) is 4.42. The minimum atomic E-state index is -1.32. The van der Waals surface area contributed by atoms with Gasteiger partial charge in [0.05, 0.1) is 6.04 Å². The molecule has 0 spiro atoms. The molecule has 8 heteroatoms. The van der Waals surface area contributed by atoms with E-state index in [2.05, 4.69) is 10.6 Å². The van der Waals surface area contributed by atoms with Gasteiger partial charge < -0.3 is 20.8 Å². The van der Waals surface area contributed by atoms with Crippen LogP contribution in [-0.2, 0) is 9.59 Å². The minimum Gasteiger partial charge on any atom is -0.465 e. The van der Waals surface area contributed by atoms with Crippen molar-refractivity contribution in [3.05, 3.63) is 0 Å². The molecule has 3 fully saturated rings. The topological polar surface area (TPSA) is 119 Å². The second-order valence-corrected chi connectivity index (χ2v) is 7.87. The molecule has 2 aliphatic carbocycles. The van der Waals surface area contributed by atoms with Crippen LogP contribution < -0.4 is 10.6 Å². The van der Waals surface area contributed by atoms with Crippen LogP contribution in [0.2, 0.25) is 0 Å². The zero-order valence-electron chi connectivity index (χ0n) is 15.2. The van der Waals surface area contributed by atoms with Crippen LogP contribution in [0.3, 0.4) is 0 Å². The van der Waals surface area contributed by atoms with Crippen LogP contribution in [0.5, 0.6) is 0 Å². The van der Waals surface area contributed by atoms with E-state index >= 15 is 0 Å². The SMILES string of the molecule is CCC[C@H](NC(=O)[C@@H]1[C@H]2CCC[C@H]2CN1C(=O)O)C(O)C(=O)NC1CC1. The van der Waals surface area contributed by atoms with E-state index in [4.69, 9.17) is 0 Å². The van der Waals surface area contributed by atoms with Gasteiger partial charge in [0, 0.05) is 12.6 Å². The lowest BCUT2D eigenvalue weighted by molar-refractivity contribution is -0.133. The van der Waals surface area contributed by atoms with Gasteiger partial charge >= 0.3 is 6.09 Å². The molecule has 3 rings (SSSR count). The highest BCUT2D eigenvalue weighted by molar-refractivity contribution is 5.88. The Hall–Kier alpha value is -1.83. The molecular weight excluding hydrogens is 338 g/mol. The van der Waals surface area contributed by atoms with Crippen LogP contribution in [0.15, 0.2) is 0 Å². The van der Waals surface area contributed by atoms with Gasteiger partial charge in [0.15, 0.2) is 6.10 Å². The lowest BCUT2D eigenvalue weighted by atomic mass is 9.93. The molecule has 8 nitrogen and oxygen atoms in total. The van der Waals surface area contributed by atoms with Gasteiger partial charge in [0.25, 0.3) is 5.91 Å². The van der Waals surface area contributed by atoms with E-state index in [-0.39, 0.29) is 17.9 Å². The lowest BCUT2D eigenvalue weighted by Crippen LogP contribution is -2.56. The second kappa shape index (κ2) is 7.82. The van der Waals surface area contributed by atoms with Gasteiger partial charge in [-0.25, -0.2) is 4.79 Å². The van der Waals surface area contributed by atoms with Crippen molar-refractivity contribution in [3.63, 3.8) is 0 Å². The maximum Gasteiger partial charge on any atom is 0.407 e. The second-order valence-electron chi connectivity index (χ2n) is 7.87. The van der Waals surface area contributed by atoms with Gasteiger partial charge in [-0.05, 0) is 43.9 Å². The zero-order chi connectivity index (χ0) is 18.8. The summed E-state index contributed by atoms with van der Waals surface area (Å²) in [5, 5.41) is 25.4. The first-order valence-electron chi connectivity index (χ1n) is 9.70. The Labute approximate surface area is 153 Å². The fraction of sp³-hybridized carbons (Fsp3) is 0.833. The van der Waals surface area contributed by atoms with Crippen molar-refractivity contribution in [3.8, 4) is 0 Å². The van der Waals surface area contributed by atoms with Crippen molar-refractivity contribution in [1.29, 1.82) is 0 Å². The van der Waals surface area contributed by atoms with Crippen LogP contribution in [0.25, 0.3) is 0 Å². The molecule has 3 amide bonds. The summed E-state index contributed by atoms with van der Waals surface area (Å²) >= 11 is 0. The van der Waals surface area contributed by atoms with E-state index in [1.165, 1.54) is 4.90 Å². The molecule has 0 bridgehead atoms. The summed E-state index contributed by atoms with van der Waals surface area (Å²) in [4.78, 5) is 37.8.